The monoisotopic (exact) mass is 381 g/mol. The predicted octanol–water partition coefficient (Wildman–Crippen LogP) is 1.66. The zero-order valence-electron chi connectivity index (χ0n) is 16.3. The Bertz CT molecular complexity index is 1090. The van der Waals surface area contributed by atoms with E-state index in [0.717, 1.165) is 13.1 Å². The highest BCUT2D eigenvalue weighted by atomic mass is 16.5. The first-order valence-electron chi connectivity index (χ1n) is 9.35. The maximum atomic E-state index is 12.7. The van der Waals surface area contributed by atoms with E-state index in [1.807, 2.05) is 0 Å². The second kappa shape index (κ2) is 7.10. The van der Waals surface area contributed by atoms with E-state index >= 15 is 0 Å². The van der Waals surface area contributed by atoms with Crippen molar-refractivity contribution in [2.45, 2.75) is 27.3 Å². The van der Waals surface area contributed by atoms with Gasteiger partial charge in [0.2, 0.25) is 5.91 Å². The molecule has 0 atom stereocenters. The van der Waals surface area contributed by atoms with E-state index in [-0.39, 0.29) is 23.7 Å². The van der Waals surface area contributed by atoms with Crippen LogP contribution in [0.25, 0.3) is 11.1 Å². The highest BCUT2D eigenvalue weighted by molar-refractivity contribution is 5.78. The van der Waals surface area contributed by atoms with E-state index in [1.165, 1.54) is 27.7 Å². The van der Waals surface area contributed by atoms with Gasteiger partial charge in [-0.25, -0.2) is 4.98 Å². The first-order valence-corrected chi connectivity index (χ1v) is 9.35. The molecular formula is C20H23N5O3. The van der Waals surface area contributed by atoms with Gasteiger partial charge in [-0.2, -0.15) is 0 Å². The SMILES string of the molecule is Cc1ccc(C)c(N2CCN(C(=O)Cn3cnc4onc(C)c4c3=O)CC2)c1. The molecule has 1 fully saturated rings. The average Bonchev–Trinajstić information content (AvgIpc) is 3.07. The number of fused-ring (bicyclic) bond motifs is 1. The Morgan fingerprint density at radius 2 is 1.89 bits per heavy atom. The lowest BCUT2D eigenvalue weighted by atomic mass is 10.1. The molecule has 0 N–H and O–H groups in total. The van der Waals surface area contributed by atoms with Crippen molar-refractivity contribution in [2.24, 2.45) is 0 Å². The van der Waals surface area contributed by atoms with Gasteiger partial charge in [0.15, 0.2) is 0 Å². The molecule has 1 aliphatic heterocycles. The van der Waals surface area contributed by atoms with Gasteiger partial charge in [-0.1, -0.05) is 17.3 Å². The molecule has 0 aliphatic carbocycles. The van der Waals surface area contributed by atoms with Crippen LogP contribution >= 0.6 is 0 Å². The van der Waals surface area contributed by atoms with Gasteiger partial charge in [0, 0.05) is 31.9 Å². The maximum absolute atomic E-state index is 12.7. The van der Waals surface area contributed by atoms with Crippen molar-refractivity contribution in [3.8, 4) is 0 Å². The van der Waals surface area contributed by atoms with Crippen molar-refractivity contribution in [1.82, 2.24) is 19.6 Å². The van der Waals surface area contributed by atoms with Crippen molar-refractivity contribution in [3.05, 3.63) is 51.7 Å². The van der Waals surface area contributed by atoms with Crippen molar-refractivity contribution in [3.63, 3.8) is 0 Å². The van der Waals surface area contributed by atoms with Crippen molar-refractivity contribution < 1.29 is 9.32 Å². The topological polar surface area (TPSA) is 84.5 Å². The number of nitrogens with zero attached hydrogens (tertiary/aromatic N) is 5. The van der Waals surface area contributed by atoms with Crippen LogP contribution in [-0.4, -0.2) is 51.7 Å². The van der Waals surface area contributed by atoms with Crippen LogP contribution in [0.5, 0.6) is 0 Å². The summed E-state index contributed by atoms with van der Waals surface area (Å²) < 4.78 is 6.33. The lowest BCUT2D eigenvalue weighted by Crippen LogP contribution is -2.50. The van der Waals surface area contributed by atoms with Crippen LogP contribution in [0.4, 0.5) is 5.69 Å². The first kappa shape index (κ1) is 18.2. The highest BCUT2D eigenvalue weighted by Crippen LogP contribution is 2.23. The Kier molecular flexibility index (Phi) is 4.62. The first-order chi connectivity index (χ1) is 13.4. The maximum Gasteiger partial charge on any atom is 0.267 e. The summed E-state index contributed by atoms with van der Waals surface area (Å²) in [7, 11) is 0. The number of aromatic nitrogens is 3. The highest BCUT2D eigenvalue weighted by Gasteiger charge is 2.23. The number of hydrogen-bond acceptors (Lipinski definition) is 6. The molecule has 3 heterocycles. The zero-order valence-corrected chi connectivity index (χ0v) is 16.3. The van der Waals surface area contributed by atoms with Crippen molar-refractivity contribution in [1.29, 1.82) is 0 Å². The van der Waals surface area contributed by atoms with Gasteiger partial charge in [-0.05, 0) is 38.0 Å². The van der Waals surface area contributed by atoms with Crippen LogP contribution in [0.1, 0.15) is 16.8 Å². The number of hydrogen-bond donors (Lipinski definition) is 0. The van der Waals surface area contributed by atoms with Crippen LogP contribution in [-0.2, 0) is 11.3 Å². The minimum absolute atomic E-state index is 0.0319. The number of benzene rings is 1. The molecule has 0 unspecified atom stereocenters. The summed E-state index contributed by atoms with van der Waals surface area (Å²) in [5.41, 5.74) is 4.07. The number of anilines is 1. The fraction of sp³-hybridized carbons (Fsp3) is 0.400. The molecule has 0 bridgehead atoms. The Hall–Kier alpha value is -3.16. The van der Waals surface area contributed by atoms with E-state index in [9.17, 15) is 9.59 Å². The molecule has 4 rings (SSSR count). The Labute approximate surface area is 162 Å². The van der Waals surface area contributed by atoms with Crippen LogP contribution in [0.3, 0.4) is 0 Å². The number of piperazine rings is 1. The lowest BCUT2D eigenvalue weighted by molar-refractivity contribution is -0.132. The summed E-state index contributed by atoms with van der Waals surface area (Å²) in [4.78, 5) is 33.5. The van der Waals surface area contributed by atoms with Gasteiger partial charge in [0.1, 0.15) is 18.3 Å². The molecule has 3 aromatic rings. The minimum Gasteiger partial charge on any atom is -0.368 e. The van der Waals surface area contributed by atoms with E-state index in [1.54, 1.807) is 11.8 Å². The number of rotatable bonds is 3. The molecule has 1 amide bonds. The Balaban J connectivity index is 1.45. The van der Waals surface area contributed by atoms with Gasteiger partial charge in [-0.15, -0.1) is 0 Å². The summed E-state index contributed by atoms with van der Waals surface area (Å²) in [6, 6.07) is 6.43. The van der Waals surface area contributed by atoms with Gasteiger partial charge in [0.05, 0.1) is 5.69 Å². The summed E-state index contributed by atoms with van der Waals surface area (Å²) in [6.07, 6.45) is 1.35. The molecule has 8 nitrogen and oxygen atoms in total. The molecule has 28 heavy (non-hydrogen) atoms. The largest absolute Gasteiger partial charge is 0.368 e. The van der Waals surface area contributed by atoms with Gasteiger partial charge in [-0.3, -0.25) is 14.2 Å². The Morgan fingerprint density at radius 3 is 2.64 bits per heavy atom. The molecule has 1 saturated heterocycles. The van der Waals surface area contributed by atoms with Gasteiger partial charge in [0.25, 0.3) is 11.3 Å². The third-order valence-corrected chi connectivity index (χ3v) is 5.28. The van der Waals surface area contributed by atoms with Crippen LogP contribution < -0.4 is 10.5 Å². The van der Waals surface area contributed by atoms with Gasteiger partial charge < -0.3 is 14.3 Å². The third kappa shape index (κ3) is 3.26. The predicted molar refractivity (Wildman–Crippen MR) is 106 cm³/mol. The van der Waals surface area contributed by atoms with Crippen LogP contribution in [0.15, 0.2) is 33.8 Å². The molecule has 8 heteroatoms. The van der Waals surface area contributed by atoms with E-state index in [0.29, 0.717) is 24.2 Å². The normalized spacial score (nSPS) is 14.7. The fourth-order valence-corrected chi connectivity index (χ4v) is 3.63. The quantitative estimate of drug-likeness (QED) is 0.686. The van der Waals surface area contributed by atoms with Crippen LogP contribution in [0.2, 0.25) is 0 Å². The summed E-state index contributed by atoms with van der Waals surface area (Å²) in [6.45, 7) is 8.65. The second-order valence-corrected chi connectivity index (χ2v) is 7.28. The average molecular weight is 381 g/mol. The summed E-state index contributed by atoms with van der Waals surface area (Å²) >= 11 is 0. The zero-order chi connectivity index (χ0) is 19.8. The Morgan fingerprint density at radius 1 is 1.14 bits per heavy atom. The molecule has 0 saturated carbocycles. The third-order valence-electron chi connectivity index (χ3n) is 5.28. The van der Waals surface area contributed by atoms with E-state index in [2.05, 4.69) is 47.1 Å². The standard InChI is InChI=1S/C20H23N5O3/c1-13-4-5-14(2)16(10-13)23-6-8-24(9-7-23)17(26)11-25-12-21-19-18(20(25)27)15(3)22-28-19/h4-5,10,12H,6-9,11H2,1-3H3. The molecule has 146 valence electrons. The van der Waals surface area contributed by atoms with E-state index in [4.69, 9.17) is 4.52 Å². The number of carbonyl (C=O) groups excluding carboxylic acids is 1. The van der Waals surface area contributed by atoms with Crippen molar-refractivity contribution in [2.75, 3.05) is 31.1 Å². The van der Waals surface area contributed by atoms with E-state index < -0.39 is 0 Å². The fourth-order valence-electron chi connectivity index (χ4n) is 3.63. The van der Waals surface area contributed by atoms with Gasteiger partial charge >= 0.3 is 0 Å². The summed E-state index contributed by atoms with van der Waals surface area (Å²) in [5.74, 6) is -0.0852. The summed E-state index contributed by atoms with van der Waals surface area (Å²) in [5, 5.41) is 4.09. The molecule has 1 aromatic carbocycles. The second-order valence-electron chi connectivity index (χ2n) is 7.28. The minimum atomic E-state index is -0.300. The molecular weight excluding hydrogens is 358 g/mol. The smallest absolute Gasteiger partial charge is 0.267 e. The molecule has 0 spiro atoms. The van der Waals surface area contributed by atoms with Crippen LogP contribution in [0, 0.1) is 20.8 Å². The molecule has 0 radical (unpaired) electrons. The number of aryl methyl sites for hydroxylation is 3. The lowest BCUT2D eigenvalue weighted by Gasteiger charge is -2.37. The number of amides is 1. The van der Waals surface area contributed by atoms with Crippen molar-refractivity contribution >= 4 is 22.7 Å². The number of carbonyl (C=O) groups is 1. The molecule has 2 aromatic heterocycles. The molecule has 1 aliphatic rings.